The first kappa shape index (κ1) is 28.1. The molecular formula is C24H34F2N4O3. The maximum atomic E-state index is 12.3. The number of nitrogens with one attached hydrogen (secondary N) is 3. The van der Waals surface area contributed by atoms with Gasteiger partial charge in [0, 0.05) is 36.0 Å². The number of pyridine rings is 1. The normalized spacial score (nSPS) is 11.5. The third kappa shape index (κ3) is 10.0. The lowest BCUT2D eigenvalue weighted by Gasteiger charge is -2.15. The highest BCUT2D eigenvalue weighted by Gasteiger charge is 2.15. The van der Waals surface area contributed by atoms with Crippen molar-refractivity contribution in [3.05, 3.63) is 53.3 Å². The molecule has 1 heterocycles. The molecule has 2 aromatic rings. The Hall–Kier alpha value is -2.91. The van der Waals surface area contributed by atoms with E-state index in [2.05, 4.69) is 27.3 Å². The van der Waals surface area contributed by atoms with E-state index in [9.17, 15) is 13.6 Å². The summed E-state index contributed by atoms with van der Waals surface area (Å²) in [5, 5.41) is 14.6. The van der Waals surface area contributed by atoms with E-state index in [1.807, 2.05) is 27.8 Å². The number of aldehydes is 1. The van der Waals surface area contributed by atoms with Crippen LogP contribution in [0.1, 0.15) is 55.7 Å². The number of benzene rings is 1. The fourth-order valence-electron chi connectivity index (χ4n) is 2.80. The van der Waals surface area contributed by atoms with E-state index >= 15 is 0 Å². The monoisotopic (exact) mass is 464 g/mol. The Morgan fingerprint density at radius 2 is 1.97 bits per heavy atom. The van der Waals surface area contributed by atoms with Gasteiger partial charge in [-0.25, -0.2) is 0 Å². The summed E-state index contributed by atoms with van der Waals surface area (Å²) in [5.74, 6) is -0.0323. The van der Waals surface area contributed by atoms with Crippen molar-refractivity contribution in [2.75, 3.05) is 25.6 Å². The molecule has 0 bridgehead atoms. The average molecular weight is 465 g/mol. The van der Waals surface area contributed by atoms with Crippen LogP contribution in [0.3, 0.4) is 0 Å². The van der Waals surface area contributed by atoms with Crippen LogP contribution in [0.25, 0.3) is 0 Å². The lowest BCUT2D eigenvalue weighted by atomic mass is 10.0. The first-order chi connectivity index (χ1) is 15.7. The number of halogens is 2. The number of ether oxygens (including phenoxy) is 2. The molecule has 0 saturated carbocycles. The number of carbonyl (C=O) groups excluding carboxylic acids is 1. The number of likely N-dealkylation sites (N-methyl/N-ethyl adjacent to an activating group) is 1. The predicted molar refractivity (Wildman–Crippen MR) is 127 cm³/mol. The molecule has 1 aromatic carbocycles. The minimum absolute atomic E-state index is 0.0323. The van der Waals surface area contributed by atoms with Gasteiger partial charge in [0.25, 0.3) is 0 Å². The molecule has 0 amide bonds. The van der Waals surface area contributed by atoms with Gasteiger partial charge in [0.1, 0.15) is 11.4 Å². The largest absolute Gasteiger partial charge is 0.435 e. The second-order valence-corrected chi connectivity index (χ2v) is 7.42. The number of carbonyl (C=O) groups is 1. The molecule has 0 aliphatic carbocycles. The van der Waals surface area contributed by atoms with Crippen LogP contribution in [-0.4, -0.2) is 55.9 Å². The van der Waals surface area contributed by atoms with E-state index in [0.717, 1.165) is 19.6 Å². The number of aromatic nitrogens is 1. The van der Waals surface area contributed by atoms with Crippen LogP contribution in [0.2, 0.25) is 0 Å². The van der Waals surface area contributed by atoms with Crippen molar-refractivity contribution in [1.82, 2.24) is 10.3 Å². The highest BCUT2D eigenvalue weighted by molar-refractivity contribution is 6.13. The highest BCUT2D eigenvalue weighted by atomic mass is 19.3. The Bertz CT molecular complexity index is 875. The molecule has 0 saturated heterocycles. The van der Waals surface area contributed by atoms with Crippen molar-refractivity contribution in [3.8, 4) is 5.75 Å². The molecule has 0 aliphatic heterocycles. The standard InChI is InChI=1S/C17H17F2N3O2.C7H17NO/c1-10(2)22-14-6-11(9-23)8-21-16(14)15(20)12-4-3-5-13(7-12)24-17(18)19;1-4-7(8-3)6-9-5-2/h3-10,17,20,22H,1-2H3;7-8H,4-6H2,1-3H3. The van der Waals surface area contributed by atoms with Crippen LogP contribution in [0.5, 0.6) is 5.75 Å². The van der Waals surface area contributed by atoms with Crippen molar-refractivity contribution < 1.29 is 23.0 Å². The predicted octanol–water partition coefficient (Wildman–Crippen LogP) is 4.75. The van der Waals surface area contributed by atoms with E-state index < -0.39 is 6.61 Å². The number of nitrogens with zero attached hydrogens (tertiary/aromatic N) is 1. The van der Waals surface area contributed by atoms with Crippen LogP contribution >= 0.6 is 0 Å². The molecule has 0 aliphatic rings. The van der Waals surface area contributed by atoms with Crippen molar-refractivity contribution in [2.45, 2.75) is 52.8 Å². The molecule has 1 aromatic heterocycles. The second-order valence-electron chi connectivity index (χ2n) is 7.42. The minimum Gasteiger partial charge on any atom is -0.435 e. The Labute approximate surface area is 194 Å². The molecule has 182 valence electrons. The average Bonchev–Trinajstić information content (AvgIpc) is 2.79. The summed E-state index contributed by atoms with van der Waals surface area (Å²) in [6, 6.07) is 8.07. The Morgan fingerprint density at radius 1 is 1.24 bits per heavy atom. The van der Waals surface area contributed by atoms with Crippen molar-refractivity contribution >= 4 is 17.7 Å². The number of hydrogen-bond donors (Lipinski definition) is 3. The van der Waals surface area contributed by atoms with Gasteiger partial charge >= 0.3 is 6.61 Å². The molecule has 1 atom stereocenters. The summed E-state index contributed by atoms with van der Waals surface area (Å²) in [6.07, 6.45) is 3.17. The van der Waals surface area contributed by atoms with Gasteiger partial charge in [-0.1, -0.05) is 19.1 Å². The van der Waals surface area contributed by atoms with Gasteiger partial charge in [-0.15, -0.1) is 0 Å². The zero-order valence-corrected chi connectivity index (χ0v) is 19.8. The SMILES string of the molecule is CC(C)Nc1cc(C=O)cnc1C(=N)c1cccc(OC(F)F)c1.CCOCC(CC)NC. The topological polar surface area (TPSA) is 96.3 Å². The first-order valence-corrected chi connectivity index (χ1v) is 10.9. The van der Waals surface area contributed by atoms with Crippen LogP contribution in [-0.2, 0) is 4.74 Å². The maximum absolute atomic E-state index is 12.3. The molecule has 0 radical (unpaired) electrons. The fourth-order valence-corrected chi connectivity index (χ4v) is 2.80. The third-order valence-corrected chi connectivity index (χ3v) is 4.50. The second kappa shape index (κ2) is 15.0. The Balaban J connectivity index is 0.000000513. The van der Waals surface area contributed by atoms with E-state index in [-0.39, 0.29) is 17.5 Å². The van der Waals surface area contributed by atoms with E-state index in [4.69, 9.17) is 10.1 Å². The van der Waals surface area contributed by atoms with Gasteiger partial charge in [0.15, 0.2) is 6.29 Å². The number of alkyl halides is 2. The molecule has 0 fully saturated rings. The summed E-state index contributed by atoms with van der Waals surface area (Å²) in [6.45, 7) is 6.72. The Morgan fingerprint density at radius 3 is 2.52 bits per heavy atom. The summed E-state index contributed by atoms with van der Waals surface area (Å²) >= 11 is 0. The van der Waals surface area contributed by atoms with E-state index in [1.54, 1.807) is 12.1 Å². The maximum Gasteiger partial charge on any atom is 0.387 e. The lowest BCUT2D eigenvalue weighted by molar-refractivity contribution is -0.0498. The first-order valence-electron chi connectivity index (χ1n) is 10.9. The van der Waals surface area contributed by atoms with Crippen LogP contribution in [0.4, 0.5) is 14.5 Å². The summed E-state index contributed by atoms with van der Waals surface area (Å²) in [5.41, 5.74) is 1.65. The summed E-state index contributed by atoms with van der Waals surface area (Å²) in [4.78, 5) is 15.1. The quantitative estimate of drug-likeness (QED) is 0.310. The van der Waals surface area contributed by atoms with Crippen LogP contribution in [0, 0.1) is 5.41 Å². The van der Waals surface area contributed by atoms with Gasteiger partial charge in [0.05, 0.1) is 18.0 Å². The minimum atomic E-state index is -2.93. The van der Waals surface area contributed by atoms with Gasteiger partial charge in [-0.2, -0.15) is 8.78 Å². The molecule has 2 rings (SSSR count). The molecule has 0 spiro atoms. The van der Waals surface area contributed by atoms with Gasteiger partial charge in [0.2, 0.25) is 0 Å². The zero-order valence-electron chi connectivity index (χ0n) is 19.8. The van der Waals surface area contributed by atoms with Crippen LogP contribution in [0.15, 0.2) is 36.5 Å². The fraction of sp³-hybridized carbons (Fsp3) is 0.458. The van der Waals surface area contributed by atoms with Crippen LogP contribution < -0.4 is 15.4 Å². The number of anilines is 1. The van der Waals surface area contributed by atoms with E-state index in [0.29, 0.717) is 34.8 Å². The Kier molecular flexibility index (Phi) is 12.8. The van der Waals surface area contributed by atoms with Gasteiger partial charge in [-0.05, 0) is 52.4 Å². The van der Waals surface area contributed by atoms with Gasteiger partial charge in [-0.3, -0.25) is 15.2 Å². The highest BCUT2D eigenvalue weighted by Crippen LogP contribution is 2.22. The molecular weight excluding hydrogens is 430 g/mol. The molecule has 33 heavy (non-hydrogen) atoms. The number of rotatable bonds is 12. The third-order valence-electron chi connectivity index (χ3n) is 4.50. The zero-order chi connectivity index (χ0) is 24.8. The summed E-state index contributed by atoms with van der Waals surface area (Å²) in [7, 11) is 1.97. The smallest absolute Gasteiger partial charge is 0.387 e. The van der Waals surface area contributed by atoms with Crippen molar-refractivity contribution in [2.24, 2.45) is 0 Å². The van der Waals surface area contributed by atoms with E-state index in [1.165, 1.54) is 24.4 Å². The van der Waals surface area contributed by atoms with Crippen molar-refractivity contribution in [1.29, 1.82) is 5.41 Å². The summed E-state index contributed by atoms with van der Waals surface area (Å²) < 4.78 is 34.2. The molecule has 7 nitrogen and oxygen atoms in total. The molecule has 3 N–H and O–H groups in total. The number of hydrogen-bond acceptors (Lipinski definition) is 7. The molecule has 1 unspecified atom stereocenters. The van der Waals surface area contributed by atoms with Crippen molar-refractivity contribution in [3.63, 3.8) is 0 Å². The lowest BCUT2D eigenvalue weighted by Crippen LogP contribution is -2.29. The molecule has 9 heteroatoms. The van der Waals surface area contributed by atoms with Gasteiger partial charge < -0.3 is 20.1 Å².